The molecular formula is C14H19ClN2O. The third-order valence-corrected chi connectivity index (χ3v) is 4.15. The van der Waals surface area contributed by atoms with Crippen LogP contribution in [0.5, 0.6) is 0 Å². The molecule has 3 nitrogen and oxygen atoms in total. The predicted octanol–water partition coefficient (Wildman–Crippen LogP) is 3.09. The molecule has 2 rings (SSSR count). The number of anilines is 1. The number of amides is 1. The lowest BCUT2D eigenvalue weighted by atomic mass is 9.98. The Morgan fingerprint density at radius 3 is 2.89 bits per heavy atom. The minimum Gasteiger partial charge on any atom is -0.398 e. The number of carbonyl (C=O) groups is 1. The van der Waals surface area contributed by atoms with Crippen molar-refractivity contribution >= 4 is 23.2 Å². The summed E-state index contributed by atoms with van der Waals surface area (Å²) in [5.74, 6) is 1.24. The van der Waals surface area contributed by atoms with Gasteiger partial charge in [-0.2, -0.15) is 0 Å². The number of benzene rings is 1. The summed E-state index contributed by atoms with van der Waals surface area (Å²) >= 11 is 5.90. The number of nitrogen functional groups attached to an aromatic ring is 1. The first-order valence-electron chi connectivity index (χ1n) is 6.41. The van der Waals surface area contributed by atoms with Gasteiger partial charge >= 0.3 is 0 Å². The van der Waals surface area contributed by atoms with Crippen LogP contribution in [0.4, 0.5) is 5.69 Å². The number of hydrogen-bond donors (Lipinski definition) is 2. The van der Waals surface area contributed by atoms with Gasteiger partial charge in [0.25, 0.3) is 5.91 Å². The first kappa shape index (κ1) is 13.2. The van der Waals surface area contributed by atoms with Gasteiger partial charge in [-0.15, -0.1) is 0 Å². The summed E-state index contributed by atoms with van der Waals surface area (Å²) in [5.41, 5.74) is 6.68. The number of nitrogens with two attached hydrogens (primary N) is 1. The Morgan fingerprint density at radius 1 is 1.50 bits per heavy atom. The van der Waals surface area contributed by atoms with Crippen molar-refractivity contribution < 1.29 is 4.79 Å². The van der Waals surface area contributed by atoms with Crippen molar-refractivity contribution in [3.05, 3.63) is 28.8 Å². The summed E-state index contributed by atoms with van der Waals surface area (Å²) in [5, 5.41) is 3.41. The molecule has 1 amide bonds. The number of rotatable bonds is 3. The van der Waals surface area contributed by atoms with E-state index in [1.807, 2.05) is 0 Å². The molecule has 1 fully saturated rings. The van der Waals surface area contributed by atoms with E-state index in [1.54, 1.807) is 18.2 Å². The topological polar surface area (TPSA) is 55.1 Å². The SMILES string of the molecule is CC1CCCC1CNC(=O)c1ccc(N)c(Cl)c1. The lowest BCUT2D eigenvalue weighted by Gasteiger charge is -2.16. The standard InChI is InChI=1S/C14H19ClN2O/c1-9-3-2-4-11(9)8-17-14(18)10-5-6-13(16)12(15)7-10/h5-7,9,11H,2-4,8,16H2,1H3,(H,17,18). The Hall–Kier alpha value is -1.22. The van der Waals surface area contributed by atoms with Crippen LogP contribution >= 0.6 is 11.6 Å². The molecule has 1 saturated carbocycles. The van der Waals surface area contributed by atoms with Gasteiger partial charge in [0.2, 0.25) is 0 Å². The number of halogens is 1. The first-order valence-corrected chi connectivity index (χ1v) is 6.79. The van der Waals surface area contributed by atoms with E-state index in [2.05, 4.69) is 12.2 Å². The van der Waals surface area contributed by atoms with Gasteiger partial charge in [0.1, 0.15) is 0 Å². The fraction of sp³-hybridized carbons (Fsp3) is 0.500. The van der Waals surface area contributed by atoms with Crippen LogP contribution in [-0.2, 0) is 0 Å². The van der Waals surface area contributed by atoms with Gasteiger partial charge in [0, 0.05) is 12.1 Å². The molecule has 1 aliphatic carbocycles. The molecule has 1 aliphatic rings. The highest BCUT2D eigenvalue weighted by molar-refractivity contribution is 6.33. The van der Waals surface area contributed by atoms with Crippen LogP contribution < -0.4 is 11.1 Å². The smallest absolute Gasteiger partial charge is 0.251 e. The van der Waals surface area contributed by atoms with Crippen molar-refractivity contribution in [1.82, 2.24) is 5.32 Å². The van der Waals surface area contributed by atoms with Gasteiger partial charge in [0.05, 0.1) is 10.7 Å². The maximum Gasteiger partial charge on any atom is 0.251 e. The number of hydrogen-bond acceptors (Lipinski definition) is 2. The Morgan fingerprint density at radius 2 is 2.28 bits per heavy atom. The number of carbonyl (C=O) groups excluding carboxylic acids is 1. The molecule has 0 radical (unpaired) electrons. The van der Waals surface area contributed by atoms with Crippen LogP contribution in [0, 0.1) is 11.8 Å². The maximum atomic E-state index is 12.0. The molecule has 0 aliphatic heterocycles. The zero-order valence-corrected chi connectivity index (χ0v) is 11.3. The quantitative estimate of drug-likeness (QED) is 0.826. The van der Waals surface area contributed by atoms with Crippen LogP contribution in [0.2, 0.25) is 5.02 Å². The zero-order valence-electron chi connectivity index (χ0n) is 10.6. The van der Waals surface area contributed by atoms with E-state index in [4.69, 9.17) is 17.3 Å². The summed E-state index contributed by atoms with van der Waals surface area (Å²) in [4.78, 5) is 12.0. The summed E-state index contributed by atoms with van der Waals surface area (Å²) in [6.07, 6.45) is 3.76. The summed E-state index contributed by atoms with van der Waals surface area (Å²) in [6.45, 7) is 3.01. The second-order valence-electron chi connectivity index (χ2n) is 5.11. The summed E-state index contributed by atoms with van der Waals surface area (Å²) < 4.78 is 0. The van der Waals surface area contributed by atoms with Crippen LogP contribution in [0.1, 0.15) is 36.5 Å². The fourth-order valence-electron chi connectivity index (χ4n) is 2.52. The third kappa shape index (κ3) is 2.96. The van der Waals surface area contributed by atoms with E-state index in [1.165, 1.54) is 19.3 Å². The van der Waals surface area contributed by atoms with E-state index >= 15 is 0 Å². The average molecular weight is 267 g/mol. The van der Waals surface area contributed by atoms with Gasteiger partial charge in [-0.25, -0.2) is 0 Å². The van der Waals surface area contributed by atoms with Gasteiger partial charge in [0.15, 0.2) is 0 Å². The third-order valence-electron chi connectivity index (χ3n) is 3.83. The molecule has 0 spiro atoms. The van der Waals surface area contributed by atoms with E-state index < -0.39 is 0 Å². The Labute approximate surface area is 113 Å². The van der Waals surface area contributed by atoms with Crippen LogP contribution in [0.3, 0.4) is 0 Å². The molecule has 0 heterocycles. The summed E-state index contributed by atoms with van der Waals surface area (Å²) in [7, 11) is 0. The minimum atomic E-state index is -0.0731. The Balaban J connectivity index is 1.93. The summed E-state index contributed by atoms with van der Waals surface area (Å²) in [6, 6.07) is 4.98. The average Bonchev–Trinajstić information content (AvgIpc) is 2.75. The Kier molecular flexibility index (Phi) is 4.12. The molecule has 1 aromatic rings. The van der Waals surface area contributed by atoms with Gasteiger partial charge < -0.3 is 11.1 Å². The second kappa shape index (κ2) is 5.61. The van der Waals surface area contributed by atoms with Crippen molar-refractivity contribution in [2.75, 3.05) is 12.3 Å². The highest BCUT2D eigenvalue weighted by Crippen LogP contribution is 2.30. The molecule has 4 heteroatoms. The Bertz CT molecular complexity index is 447. The zero-order chi connectivity index (χ0) is 13.1. The van der Waals surface area contributed by atoms with Crippen LogP contribution in [0.15, 0.2) is 18.2 Å². The van der Waals surface area contributed by atoms with E-state index in [-0.39, 0.29) is 5.91 Å². The molecule has 2 unspecified atom stereocenters. The molecular weight excluding hydrogens is 248 g/mol. The predicted molar refractivity (Wildman–Crippen MR) is 74.7 cm³/mol. The van der Waals surface area contributed by atoms with Crippen molar-refractivity contribution in [3.63, 3.8) is 0 Å². The monoisotopic (exact) mass is 266 g/mol. The second-order valence-corrected chi connectivity index (χ2v) is 5.52. The fourth-order valence-corrected chi connectivity index (χ4v) is 2.70. The molecule has 0 aromatic heterocycles. The lowest BCUT2D eigenvalue weighted by molar-refractivity contribution is 0.0944. The van der Waals surface area contributed by atoms with E-state index in [0.29, 0.717) is 28.1 Å². The molecule has 18 heavy (non-hydrogen) atoms. The highest BCUT2D eigenvalue weighted by atomic mass is 35.5. The molecule has 0 bridgehead atoms. The van der Waals surface area contributed by atoms with Gasteiger partial charge in [-0.05, 0) is 36.5 Å². The van der Waals surface area contributed by atoms with Crippen LogP contribution in [-0.4, -0.2) is 12.5 Å². The maximum absolute atomic E-state index is 12.0. The van der Waals surface area contributed by atoms with E-state index in [9.17, 15) is 4.79 Å². The lowest BCUT2D eigenvalue weighted by Crippen LogP contribution is -2.30. The number of nitrogens with one attached hydrogen (secondary N) is 1. The molecule has 0 saturated heterocycles. The van der Waals surface area contributed by atoms with Crippen molar-refractivity contribution in [2.45, 2.75) is 26.2 Å². The normalized spacial score (nSPS) is 23.0. The molecule has 98 valence electrons. The highest BCUT2D eigenvalue weighted by Gasteiger charge is 2.23. The molecule has 1 aromatic carbocycles. The van der Waals surface area contributed by atoms with Crippen LogP contribution in [0.25, 0.3) is 0 Å². The first-order chi connectivity index (χ1) is 8.58. The largest absolute Gasteiger partial charge is 0.398 e. The minimum absolute atomic E-state index is 0.0731. The van der Waals surface area contributed by atoms with E-state index in [0.717, 1.165) is 6.54 Å². The van der Waals surface area contributed by atoms with Crippen molar-refractivity contribution in [1.29, 1.82) is 0 Å². The molecule has 2 atom stereocenters. The van der Waals surface area contributed by atoms with Crippen molar-refractivity contribution in [3.8, 4) is 0 Å². The van der Waals surface area contributed by atoms with Gasteiger partial charge in [-0.1, -0.05) is 31.4 Å². The van der Waals surface area contributed by atoms with Gasteiger partial charge in [-0.3, -0.25) is 4.79 Å². The molecule has 3 N–H and O–H groups in total. The van der Waals surface area contributed by atoms with Crippen molar-refractivity contribution in [2.24, 2.45) is 11.8 Å².